The Kier molecular flexibility index (Phi) is 4.05. The molecule has 1 heterocycles. The maximum atomic E-state index is 6.51. The van der Waals surface area contributed by atoms with Crippen molar-refractivity contribution in [1.29, 1.82) is 0 Å². The number of rotatable bonds is 1. The van der Waals surface area contributed by atoms with Crippen molar-refractivity contribution >= 4 is 43.4 Å². The molecule has 0 fully saturated rings. The molecule has 1 atom stereocenters. The number of furan rings is 1. The van der Waals surface area contributed by atoms with E-state index >= 15 is 0 Å². The Balaban J connectivity index is 1.70. The molecule has 1 nitrogen and oxygen atoms in total. The smallest absolute Gasteiger partial charge is 0.143 e. The summed E-state index contributed by atoms with van der Waals surface area (Å²) in [5, 5.41) is 2.28. The number of hydrogen-bond donors (Lipinski definition) is 0. The van der Waals surface area contributed by atoms with Gasteiger partial charge in [-0.25, -0.2) is 0 Å². The van der Waals surface area contributed by atoms with Gasteiger partial charge >= 0.3 is 0 Å². The summed E-state index contributed by atoms with van der Waals surface area (Å²) in [6, 6.07) is 28.1. The van der Waals surface area contributed by atoms with Crippen LogP contribution in [0, 0.1) is 0 Å². The molecule has 0 amide bonds. The van der Waals surface area contributed by atoms with Crippen LogP contribution in [0.4, 0.5) is 0 Å². The fourth-order valence-corrected chi connectivity index (χ4v) is 6.77. The van der Waals surface area contributed by atoms with Crippen LogP contribution in [0.1, 0.15) is 29.2 Å². The molecule has 0 saturated carbocycles. The van der Waals surface area contributed by atoms with Gasteiger partial charge in [-0.3, -0.25) is 0 Å². The zero-order valence-electron chi connectivity index (χ0n) is 18.7. The third-order valence-corrected chi connectivity index (χ3v) is 8.12. The van der Waals surface area contributed by atoms with Gasteiger partial charge in [0, 0.05) is 26.4 Å². The van der Waals surface area contributed by atoms with E-state index in [2.05, 4.69) is 114 Å². The van der Waals surface area contributed by atoms with Crippen molar-refractivity contribution in [1.82, 2.24) is 0 Å². The Labute approximate surface area is 206 Å². The van der Waals surface area contributed by atoms with Crippen LogP contribution in [0.25, 0.3) is 38.6 Å². The fourth-order valence-electron chi connectivity index (χ4n) is 6.19. The lowest BCUT2D eigenvalue weighted by Crippen LogP contribution is -2.26. The SMILES string of the molecule is C=C1/C(=C\C=C/C)C2(c3ccccc3-c3c(Br)cccc32)c2ccc3c(oc4ccccc43)c21. The Bertz CT molecular complexity index is 1750. The summed E-state index contributed by atoms with van der Waals surface area (Å²) in [4.78, 5) is 0. The molecule has 1 unspecified atom stereocenters. The first-order chi connectivity index (χ1) is 16.7. The molecule has 34 heavy (non-hydrogen) atoms. The number of allylic oxidation sites excluding steroid dienone is 5. The quantitative estimate of drug-likeness (QED) is 0.223. The van der Waals surface area contributed by atoms with Gasteiger partial charge in [-0.05, 0) is 52.5 Å². The topological polar surface area (TPSA) is 13.1 Å². The van der Waals surface area contributed by atoms with Crippen LogP contribution >= 0.6 is 15.9 Å². The molecule has 0 radical (unpaired) electrons. The number of para-hydroxylation sites is 1. The lowest BCUT2D eigenvalue weighted by Gasteiger charge is -2.30. The maximum absolute atomic E-state index is 6.51. The van der Waals surface area contributed by atoms with E-state index in [-0.39, 0.29) is 0 Å². The molecule has 2 aliphatic rings. The Morgan fingerprint density at radius 2 is 1.56 bits per heavy atom. The zero-order valence-corrected chi connectivity index (χ0v) is 20.3. The molecule has 0 saturated heterocycles. The van der Waals surface area contributed by atoms with Gasteiger partial charge in [-0.2, -0.15) is 0 Å². The third-order valence-electron chi connectivity index (χ3n) is 7.46. The summed E-state index contributed by atoms with van der Waals surface area (Å²) >= 11 is 3.86. The van der Waals surface area contributed by atoms with Crippen molar-refractivity contribution in [3.8, 4) is 11.1 Å². The monoisotopic (exact) mass is 500 g/mol. The van der Waals surface area contributed by atoms with Crippen LogP contribution in [-0.4, -0.2) is 0 Å². The molecule has 162 valence electrons. The molecule has 7 rings (SSSR count). The molecular weight excluding hydrogens is 480 g/mol. The molecule has 0 bridgehead atoms. The summed E-state index contributed by atoms with van der Waals surface area (Å²) in [5.74, 6) is 0. The van der Waals surface area contributed by atoms with Crippen LogP contribution < -0.4 is 0 Å². The first-order valence-corrected chi connectivity index (χ1v) is 12.3. The number of benzene rings is 4. The Morgan fingerprint density at radius 3 is 2.44 bits per heavy atom. The van der Waals surface area contributed by atoms with Crippen LogP contribution in [0.3, 0.4) is 0 Å². The van der Waals surface area contributed by atoms with Crippen LogP contribution in [0.5, 0.6) is 0 Å². The van der Waals surface area contributed by atoms with Crippen molar-refractivity contribution in [2.45, 2.75) is 12.3 Å². The molecule has 2 heteroatoms. The van der Waals surface area contributed by atoms with E-state index in [0.29, 0.717) is 0 Å². The summed E-state index contributed by atoms with van der Waals surface area (Å²) in [5.41, 5.74) is 11.1. The van der Waals surface area contributed by atoms with E-state index in [1.54, 1.807) is 0 Å². The predicted molar refractivity (Wildman–Crippen MR) is 145 cm³/mol. The van der Waals surface area contributed by atoms with E-state index in [9.17, 15) is 0 Å². The molecule has 2 aliphatic carbocycles. The highest BCUT2D eigenvalue weighted by Crippen LogP contribution is 2.65. The van der Waals surface area contributed by atoms with Crippen molar-refractivity contribution in [3.63, 3.8) is 0 Å². The highest BCUT2D eigenvalue weighted by Gasteiger charge is 2.54. The minimum absolute atomic E-state index is 0.436. The minimum atomic E-state index is -0.436. The first kappa shape index (κ1) is 19.8. The predicted octanol–water partition coefficient (Wildman–Crippen LogP) is 9.19. The second-order valence-corrected chi connectivity index (χ2v) is 9.86. The lowest BCUT2D eigenvalue weighted by atomic mass is 9.70. The first-order valence-electron chi connectivity index (χ1n) is 11.5. The van der Waals surface area contributed by atoms with E-state index in [1.807, 2.05) is 12.1 Å². The molecule has 1 spiro atoms. The Hall–Kier alpha value is -3.62. The van der Waals surface area contributed by atoms with Gasteiger partial charge in [0.25, 0.3) is 0 Å². The summed E-state index contributed by atoms with van der Waals surface area (Å²) in [7, 11) is 0. The number of halogens is 1. The summed E-state index contributed by atoms with van der Waals surface area (Å²) < 4.78 is 7.62. The van der Waals surface area contributed by atoms with Crippen molar-refractivity contribution in [2.75, 3.05) is 0 Å². The number of fused-ring (bicyclic) bond motifs is 11. The van der Waals surface area contributed by atoms with Gasteiger partial charge in [-0.15, -0.1) is 0 Å². The van der Waals surface area contributed by atoms with Gasteiger partial charge in [-0.1, -0.05) is 107 Å². The maximum Gasteiger partial charge on any atom is 0.143 e. The molecule has 0 N–H and O–H groups in total. The molecule has 1 aromatic heterocycles. The molecule has 4 aromatic carbocycles. The average Bonchev–Trinajstić information content (AvgIpc) is 3.46. The molecule has 0 aliphatic heterocycles. The standard InChI is InChI=1S/C32H21BrO/c1-3-4-12-23-19(2)29-26(18-17-21-20-10-6-8-16-28(20)34-31(21)29)32(23)24-13-7-5-11-22(24)30-25(32)14-9-15-27(30)33/h3-18H,2H2,1H3/b4-3-,23-12+. The van der Waals surface area contributed by atoms with Crippen molar-refractivity contribution < 1.29 is 4.42 Å². The summed E-state index contributed by atoms with van der Waals surface area (Å²) in [6.07, 6.45) is 6.45. The van der Waals surface area contributed by atoms with Crippen LogP contribution in [0.2, 0.25) is 0 Å². The largest absolute Gasteiger partial charge is 0.455 e. The second-order valence-electron chi connectivity index (χ2n) is 9.01. The Morgan fingerprint density at radius 1 is 0.794 bits per heavy atom. The van der Waals surface area contributed by atoms with Crippen LogP contribution in [-0.2, 0) is 5.41 Å². The average molecular weight is 501 g/mol. The minimum Gasteiger partial charge on any atom is -0.455 e. The highest BCUT2D eigenvalue weighted by atomic mass is 79.9. The van der Waals surface area contributed by atoms with Gasteiger partial charge < -0.3 is 4.42 Å². The highest BCUT2D eigenvalue weighted by molar-refractivity contribution is 9.10. The molecular formula is C32H21BrO. The van der Waals surface area contributed by atoms with E-state index < -0.39 is 5.41 Å². The van der Waals surface area contributed by atoms with Crippen LogP contribution in [0.15, 0.2) is 118 Å². The zero-order chi connectivity index (χ0) is 23.0. The fraction of sp³-hybridized carbons (Fsp3) is 0.0625. The lowest BCUT2D eigenvalue weighted by molar-refractivity contribution is 0.666. The third kappa shape index (κ3) is 2.24. The van der Waals surface area contributed by atoms with E-state index in [0.717, 1.165) is 37.5 Å². The number of hydrogen-bond acceptors (Lipinski definition) is 1. The summed E-state index contributed by atoms with van der Waals surface area (Å²) in [6.45, 7) is 6.72. The van der Waals surface area contributed by atoms with Crippen molar-refractivity contribution in [2.24, 2.45) is 0 Å². The van der Waals surface area contributed by atoms with Gasteiger partial charge in [0.15, 0.2) is 0 Å². The van der Waals surface area contributed by atoms with Gasteiger partial charge in [0.1, 0.15) is 11.2 Å². The second kappa shape index (κ2) is 6.94. The van der Waals surface area contributed by atoms with E-state index in [1.165, 1.54) is 33.4 Å². The van der Waals surface area contributed by atoms with Crippen molar-refractivity contribution in [3.05, 3.63) is 136 Å². The normalized spacial score (nSPS) is 19.6. The molecule has 5 aromatic rings. The van der Waals surface area contributed by atoms with E-state index in [4.69, 9.17) is 4.42 Å². The van der Waals surface area contributed by atoms with Gasteiger partial charge in [0.05, 0.1) is 5.41 Å². The van der Waals surface area contributed by atoms with Gasteiger partial charge in [0.2, 0.25) is 0 Å².